The Morgan fingerprint density at radius 2 is 2.04 bits per heavy atom. The van der Waals surface area contributed by atoms with Crippen LogP contribution in [0.3, 0.4) is 0 Å². The summed E-state index contributed by atoms with van der Waals surface area (Å²) in [6.45, 7) is 5.48. The first-order valence-electron chi connectivity index (χ1n) is 7.31. The average Bonchev–Trinajstić information content (AvgIpc) is 2.89. The number of hydrogen-bond acceptors (Lipinski definition) is 4. The highest BCUT2D eigenvalue weighted by Crippen LogP contribution is 2.22. The summed E-state index contributed by atoms with van der Waals surface area (Å²) in [4.78, 5) is 16.4. The molecule has 0 radical (unpaired) electrons. The summed E-state index contributed by atoms with van der Waals surface area (Å²) >= 11 is 0. The third-order valence-corrected chi connectivity index (χ3v) is 3.04. The van der Waals surface area contributed by atoms with Crippen molar-refractivity contribution in [3.05, 3.63) is 48.8 Å². The molecule has 0 aliphatic rings. The first-order chi connectivity index (χ1) is 10.9. The van der Waals surface area contributed by atoms with Crippen LogP contribution in [0.5, 0.6) is 0 Å². The lowest BCUT2D eigenvalue weighted by atomic mass is 10.1. The molecule has 6 heteroatoms. The summed E-state index contributed by atoms with van der Waals surface area (Å²) in [5, 5.41) is 6.93. The number of hydrogen-bond donors (Lipinski definition) is 1. The van der Waals surface area contributed by atoms with Crippen LogP contribution in [-0.2, 0) is 4.74 Å². The van der Waals surface area contributed by atoms with Gasteiger partial charge in [-0.2, -0.15) is 5.10 Å². The fourth-order valence-corrected chi connectivity index (χ4v) is 2.15. The predicted molar refractivity (Wildman–Crippen MR) is 88.3 cm³/mol. The molecule has 2 heterocycles. The molecule has 0 saturated heterocycles. The monoisotopic (exact) mass is 310 g/mol. The number of aromatic nitrogens is 3. The lowest BCUT2D eigenvalue weighted by Crippen LogP contribution is -2.27. The molecule has 0 aliphatic heterocycles. The van der Waals surface area contributed by atoms with Gasteiger partial charge in [0.2, 0.25) is 0 Å². The van der Waals surface area contributed by atoms with Crippen molar-refractivity contribution in [2.24, 2.45) is 0 Å². The highest BCUT2D eigenvalue weighted by molar-refractivity contribution is 5.86. The SMILES string of the molecule is CC(C)(C)OC(=O)Nc1cccc(-c2cn3ncccc3n2)c1. The Labute approximate surface area is 134 Å². The van der Waals surface area contributed by atoms with Gasteiger partial charge >= 0.3 is 6.09 Å². The van der Waals surface area contributed by atoms with E-state index in [1.54, 1.807) is 10.7 Å². The molecule has 0 fully saturated rings. The van der Waals surface area contributed by atoms with Crippen molar-refractivity contribution in [2.75, 3.05) is 5.32 Å². The van der Waals surface area contributed by atoms with Crippen molar-refractivity contribution >= 4 is 17.4 Å². The Morgan fingerprint density at radius 3 is 2.78 bits per heavy atom. The minimum atomic E-state index is -0.533. The van der Waals surface area contributed by atoms with Gasteiger partial charge in [0.25, 0.3) is 0 Å². The van der Waals surface area contributed by atoms with Gasteiger partial charge in [0.05, 0.1) is 11.9 Å². The van der Waals surface area contributed by atoms with E-state index >= 15 is 0 Å². The van der Waals surface area contributed by atoms with E-state index < -0.39 is 11.7 Å². The Morgan fingerprint density at radius 1 is 1.22 bits per heavy atom. The number of nitrogens with zero attached hydrogens (tertiary/aromatic N) is 3. The largest absolute Gasteiger partial charge is 0.444 e. The highest BCUT2D eigenvalue weighted by atomic mass is 16.6. The minimum absolute atomic E-state index is 0.480. The van der Waals surface area contributed by atoms with Crippen molar-refractivity contribution in [1.29, 1.82) is 0 Å². The van der Waals surface area contributed by atoms with Crippen LogP contribution in [-0.4, -0.2) is 26.3 Å². The van der Waals surface area contributed by atoms with Gasteiger partial charge in [-0.3, -0.25) is 5.32 Å². The fraction of sp³-hybridized carbons (Fsp3) is 0.235. The zero-order valence-electron chi connectivity index (χ0n) is 13.3. The molecule has 0 atom stereocenters. The number of nitrogens with one attached hydrogen (secondary N) is 1. The van der Waals surface area contributed by atoms with Gasteiger partial charge in [-0.15, -0.1) is 0 Å². The number of carbonyl (C=O) groups excluding carboxylic acids is 1. The van der Waals surface area contributed by atoms with Crippen LogP contribution < -0.4 is 5.32 Å². The Kier molecular flexibility index (Phi) is 3.73. The van der Waals surface area contributed by atoms with E-state index in [1.165, 1.54) is 0 Å². The number of carbonyl (C=O) groups is 1. The predicted octanol–water partition coefficient (Wildman–Crippen LogP) is 3.74. The third-order valence-electron chi connectivity index (χ3n) is 3.04. The lowest BCUT2D eigenvalue weighted by Gasteiger charge is -2.19. The van der Waals surface area contributed by atoms with Gasteiger partial charge in [0.15, 0.2) is 5.65 Å². The maximum absolute atomic E-state index is 11.9. The molecule has 2 aromatic heterocycles. The number of amides is 1. The molecule has 3 aromatic rings. The summed E-state index contributed by atoms with van der Waals surface area (Å²) in [5.74, 6) is 0. The number of ether oxygens (including phenoxy) is 1. The molecule has 1 amide bonds. The molecule has 0 saturated carbocycles. The Hall–Kier alpha value is -2.89. The first kappa shape index (κ1) is 15.0. The molecule has 0 spiro atoms. The van der Waals surface area contributed by atoms with Gasteiger partial charge in [0.1, 0.15) is 5.60 Å². The zero-order valence-corrected chi connectivity index (χ0v) is 13.3. The standard InChI is InChI=1S/C17H18N4O2/c1-17(2,3)23-16(22)19-13-7-4-6-12(10-13)14-11-21-15(20-14)8-5-9-18-21/h4-11H,1-3H3,(H,19,22). The van der Waals surface area contributed by atoms with Crippen LogP contribution in [0.2, 0.25) is 0 Å². The van der Waals surface area contributed by atoms with E-state index in [0.29, 0.717) is 5.69 Å². The number of anilines is 1. The molecule has 118 valence electrons. The van der Waals surface area contributed by atoms with E-state index in [1.807, 2.05) is 63.4 Å². The van der Waals surface area contributed by atoms with Crippen molar-refractivity contribution < 1.29 is 9.53 Å². The van der Waals surface area contributed by atoms with E-state index in [2.05, 4.69) is 15.4 Å². The third kappa shape index (κ3) is 3.66. The van der Waals surface area contributed by atoms with Crippen LogP contribution >= 0.6 is 0 Å². The second-order valence-electron chi connectivity index (χ2n) is 6.16. The summed E-state index contributed by atoms with van der Waals surface area (Å²) < 4.78 is 6.97. The number of benzene rings is 1. The van der Waals surface area contributed by atoms with Gasteiger partial charge in [-0.25, -0.2) is 14.3 Å². The normalized spacial score (nSPS) is 11.4. The second-order valence-corrected chi connectivity index (χ2v) is 6.16. The second kappa shape index (κ2) is 5.72. The van der Waals surface area contributed by atoms with Crippen molar-refractivity contribution in [2.45, 2.75) is 26.4 Å². The zero-order chi connectivity index (χ0) is 16.4. The van der Waals surface area contributed by atoms with Gasteiger partial charge in [-0.05, 0) is 45.0 Å². The van der Waals surface area contributed by atoms with E-state index in [4.69, 9.17) is 4.74 Å². The Bertz CT molecular complexity index is 816. The van der Waals surface area contributed by atoms with E-state index in [-0.39, 0.29) is 0 Å². The first-order valence-corrected chi connectivity index (χ1v) is 7.31. The molecular formula is C17H18N4O2. The van der Waals surface area contributed by atoms with Crippen LogP contribution in [0.15, 0.2) is 48.8 Å². The number of fused-ring (bicyclic) bond motifs is 1. The smallest absolute Gasteiger partial charge is 0.412 e. The van der Waals surface area contributed by atoms with Gasteiger partial charge in [0, 0.05) is 17.4 Å². The molecule has 23 heavy (non-hydrogen) atoms. The maximum atomic E-state index is 11.9. The molecule has 1 aromatic carbocycles. The van der Waals surface area contributed by atoms with Crippen LogP contribution in [0.4, 0.5) is 10.5 Å². The van der Waals surface area contributed by atoms with Crippen molar-refractivity contribution in [3.8, 4) is 11.3 Å². The van der Waals surface area contributed by atoms with E-state index in [0.717, 1.165) is 16.9 Å². The number of rotatable bonds is 2. The fourth-order valence-electron chi connectivity index (χ4n) is 2.15. The average molecular weight is 310 g/mol. The molecule has 6 nitrogen and oxygen atoms in total. The summed E-state index contributed by atoms with van der Waals surface area (Å²) in [5.41, 5.74) is 2.57. The van der Waals surface area contributed by atoms with Gasteiger partial charge < -0.3 is 4.74 Å². The van der Waals surface area contributed by atoms with Crippen molar-refractivity contribution in [3.63, 3.8) is 0 Å². The molecule has 3 rings (SSSR count). The summed E-state index contributed by atoms with van der Waals surface area (Å²) in [6, 6.07) is 11.2. The number of imidazole rings is 1. The van der Waals surface area contributed by atoms with Crippen LogP contribution in [0.25, 0.3) is 16.9 Å². The van der Waals surface area contributed by atoms with Crippen LogP contribution in [0.1, 0.15) is 20.8 Å². The summed E-state index contributed by atoms with van der Waals surface area (Å²) in [7, 11) is 0. The van der Waals surface area contributed by atoms with Crippen molar-refractivity contribution in [1.82, 2.24) is 14.6 Å². The highest BCUT2D eigenvalue weighted by Gasteiger charge is 2.16. The minimum Gasteiger partial charge on any atom is -0.444 e. The topological polar surface area (TPSA) is 68.5 Å². The summed E-state index contributed by atoms with van der Waals surface area (Å²) in [6.07, 6.45) is 3.08. The quantitative estimate of drug-likeness (QED) is 0.783. The molecule has 0 bridgehead atoms. The van der Waals surface area contributed by atoms with Gasteiger partial charge in [-0.1, -0.05) is 12.1 Å². The van der Waals surface area contributed by atoms with Crippen LogP contribution in [0, 0.1) is 0 Å². The van der Waals surface area contributed by atoms with E-state index in [9.17, 15) is 4.79 Å². The molecule has 1 N–H and O–H groups in total. The Balaban J connectivity index is 1.83. The molecule has 0 unspecified atom stereocenters. The lowest BCUT2D eigenvalue weighted by molar-refractivity contribution is 0.0636. The molecular weight excluding hydrogens is 292 g/mol. The maximum Gasteiger partial charge on any atom is 0.412 e. The molecule has 0 aliphatic carbocycles.